The van der Waals surface area contributed by atoms with Gasteiger partial charge in [-0.15, -0.1) is 0 Å². The number of halogens is 5. The maximum Gasteiger partial charge on any atom is 0.501 e. The summed E-state index contributed by atoms with van der Waals surface area (Å²) in [5, 5.41) is 9.02. The van der Waals surface area contributed by atoms with E-state index in [2.05, 4.69) is 0 Å². The van der Waals surface area contributed by atoms with E-state index in [1.165, 1.54) is 0 Å². The van der Waals surface area contributed by atoms with Gasteiger partial charge in [0, 0.05) is 11.1 Å². The van der Waals surface area contributed by atoms with Gasteiger partial charge < -0.3 is 9.84 Å². The predicted molar refractivity (Wildman–Crippen MR) is 78.1 cm³/mol. The lowest BCUT2D eigenvalue weighted by Gasteiger charge is -2.12. The lowest BCUT2D eigenvalue weighted by molar-refractivity contribution is -0.0436. The molecule has 0 amide bonds. The smallest absolute Gasteiger partial charge is 0.478 e. The van der Waals surface area contributed by atoms with Gasteiger partial charge in [-0.25, -0.2) is 17.6 Å². The SMILES string of the molecule is O=C(O)c1cc(S(=O)(=O)C(F)(F)F)ccc1Oc1cc(F)cc(Cl)c1. The third kappa shape index (κ3) is 4.02. The fraction of sp³-hybridized carbons (Fsp3) is 0.0714. The Hall–Kier alpha value is -2.33. The molecule has 0 aliphatic carbocycles. The van der Waals surface area contributed by atoms with Crippen LogP contribution in [0.25, 0.3) is 0 Å². The highest BCUT2D eigenvalue weighted by Crippen LogP contribution is 2.34. The van der Waals surface area contributed by atoms with Crippen molar-refractivity contribution in [2.24, 2.45) is 0 Å². The number of carboxylic acid groups (broad SMARTS) is 1. The zero-order chi connectivity index (χ0) is 19.0. The van der Waals surface area contributed by atoms with E-state index >= 15 is 0 Å². The summed E-state index contributed by atoms with van der Waals surface area (Å²) in [5.41, 5.74) is -6.45. The summed E-state index contributed by atoms with van der Waals surface area (Å²) >= 11 is 5.61. The molecular weight excluding hydrogens is 392 g/mol. The van der Waals surface area contributed by atoms with E-state index in [4.69, 9.17) is 21.4 Å². The van der Waals surface area contributed by atoms with Crippen molar-refractivity contribution in [2.45, 2.75) is 10.4 Å². The highest BCUT2D eigenvalue weighted by molar-refractivity contribution is 7.92. The average molecular weight is 399 g/mol. The Bertz CT molecular complexity index is 920. The maximum absolute atomic E-state index is 13.3. The molecule has 0 aliphatic rings. The van der Waals surface area contributed by atoms with Crippen molar-refractivity contribution < 1.29 is 40.6 Å². The molecule has 0 heterocycles. The summed E-state index contributed by atoms with van der Waals surface area (Å²) in [6, 6.07) is 4.51. The molecule has 0 atom stereocenters. The van der Waals surface area contributed by atoms with E-state index in [1.54, 1.807) is 0 Å². The third-order valence-electron chi connectivity index (χ3n) is 2.86. The van der Waals surface area contributed by atoms with Crippen LogP contribution in [0.1, 0.15) is 10.4 Å². The lowest BCUT2D eigenvalue weighted by atomic mass is 10.2. The molecule has 11 heteroatoms. The second-order valence-electron chi connectivity index (χ2n) is 4.62. The van der Waals surface area contributed by atoms with Crippen molar-refractivity contribution in [1.29, 1.82) is 0 Å². The minimum absolute atomic E-state index is 0.0665. The molecule has 2 aromatic rings. The van der Waals surface area contributed by atoms with Crippen molar-refractivity contribution in [3.63, 3.8) is 0 Å². The number of alkyl halides is 3. The summed E-state index contributed by atoms with van der Waals surface area (Å²) < 4.78 is 78.8. The van der Waals surface area contributed by atoms with Crippen LogP contribution < -0.4 is 4.74 Å². The summed E-state index contributed by atoms with van der Waals surface area (Å²) in [4.78, 5) is 9.96. The molecule has 0 aliphatic heterocycles. The van der Waals surface area contributed by atoms with E-state index in [9.17, 15) is 30.8 Å². The van der Waals surface area contributed by atoms with Crippen molar-refractivity contribution in [1.82, 2.24) is 0 Å². The zero-order valence-corrected chi connectivity index (χ0v) is 13.4. The van der Waals surface area contributed by atoms with Crippen molar-refractivity contribution in [3.05, 3.63) is 52.8 Å². The molecule has 0 bridgehead atoms. The van der Waals surface area contributed by atoms with Crippen LogP contribution in [0.3, 0.4) is 0 Å². The molecule has 0 radical (unpaired) electrons. The van der Waals surface area contributed by atoms with Gasteiger partial charge in [0.25, 0.3) is 9.84 Å². The van der Waals surface area contributed by atoms with Crippen molar-refractivity contribution >= 4 is 27.4 Å². The van der Waals surface area contributed by atoms with Gasteiger partial charge in [0.1, 0.15) is 22.9 Å². The number of ether oxygens (including phenoxy) is 1. The standard InChI is InChI=1S/C14H7ClF4O5S/c15-7-3-8(16)5-9(4-7)24-12-2-1-10(6-11(12)13(20)21)25(22,23)14(17,18)19/h1-6H,(H,20,21). The van der Waals surface area contributed by atoms with Crippen molar-refractivity contribution in [3.8, 4) is 11.5 Å². The second-order valence-corrected chi connectivity index (χ2v) is 7.00. The number of benzene rings is 2. The lowest BCUT2D eigenvalue weighted by Crippen LogP contribution is -2.23. The molecule has 0 unspecified atom stereocenters. The zero-order valence-electron chi connectivity index (χ0n) is 11.8. The summed E-state index contributed by atoms with van der Waals surface area (Å²) in [6.07, 6.45) is 0. The molecule has 0 saturated heterocycles. The minimum Gasteiger partial charge on any atom is -0.478 e. The summed E-state index contributed by atoms with van der Waals surface area (Å²) in [6.45, 7) is 0. The van der Waals surface area contributed by atoms with Crippen LogP contribution in [0, 0.1) is 5.82 Å². The maximum atomic E-state index is 13.3. The molecule has 2 rings (SSSR count). The normalized spacial score (nSPS) is 12.0. The van der Waals surface area contributed by atoms with Crippen LogP contribution in [0.4, 0.5) is 17.6 Å². The van der Waals surface area contributed by atoms with E-state index < -0.39 is 43.3 Å². The van der Waals surface area contributed by atoms with Gasteiger partial charge in [-0.2, -0.15) is 13.2 Å². The van der Waals surface area contributed by atoms with Gasteiger partial charge in [0.05, 0.1) is 4.90 Å². The Labute approximate surface area is 143 Å². The second kappa shape index (κ2) is 6.52. The molecule has 2 aromatic carbocycles. The largest absolute Gasteiger partial charge is 0.501 e. The number of aromatic carboxylic acids is 1. The highest BCUT2D eigenvalue weighted by atomic mass is 35.5. The van der Waals surface area contributed by atoms with Gasteiger partial charge >= 0.3 is 11.5 Å². The van der Waals surface area contributed by atoms with E-state index in [-0.39, 0.29) is 10.8 Å². The first-order chi connectivity index (χ1) is 11.4. The Balaban J connectivity index is 2.52. The predicted octanol–water partition coefficient (Wildman–Crippen LogP) is 4.26. The van der Waals surface area contributed by atoms with Crippen LogP contribution in [0.2, 0.25) is 5.02 Å². The van der Waals surface area contributed by atoms with E-state index in [1.807, 2.05) is 0 Å². The minimum atomic E-state index is -5.74. The number of carbonyl (C=O) groups is 1. The molecule has 134 valence electrons. The highest BCUT2D eigenvalue weighted by Gasteiger charge is 2.47. The van der Waals surface area contributed by atoms with Crippen LogP contribution in [0.15, 0.2) is 41.3 Å². The monoisotopic (exact) mass is 398 g/mol. The summed E-state index contributed by atoms with van der Waals surface area (Å²) in [7, 11) is -5.74. The van der Waals surface area contributed by atoms with Gasteiger partial charge in [-0.3, -0.25) is 0 Å². The fourth-order valence-corrected chi connectivity index (χ4v) is 2.78. The molecule has 25 heavy (non-hydrogen) atoms. The van der Waals surface area contributed by atoms with Gasteiger partial charge in [-0.05, 0) is 30.3 Å². The molecule has 0 fully saturated rings. The number of hydrogen-bond donors (Lipinski definition) is 1. The molecule has 0 saturated carbocycles. The number of sulfone groups is 1. The fourth-order valence-electron chi connectivity index (χ4n) is 1.78. The first-order valence-electron chi connectivity index (χ1n) is 6.24. The molecule has 0 aromatic heterocycles. The average Bonchev–Trinajstić information content (AvgIpc) is 2.44. The number of rotatable bonds is 4. The van der Waals surface area contributed by atoms with Crippen LogP contribution in [-0.2, 0) is 9.84 Å². The van der Waals surface area contributed by atoms with Crippen LogP contribution in [-0.4, -0.2) is 25.0 Å². The number of hydrogen-bond acceptors (Lipinski definition) is 4. The third-order valence-corrected chi connectivity index (χ3v) is 4.56. The van der Waals surface area contributed by atoms with Crippen LogP contribution >= 0.6 is 11.6 Å². The Kier molecular flexibility index (Phi) is 4.96. The van der Waals surface area contributed by atoms with Gasteiger partial charge in [0.2, 0.25) is 0 Å². The van der Waals surface area contributed by atoms with E-state index in [0.29, 0.717) is 12.1 Å². The van der Waals surface area contributed by atoms with Crippen LogP contribution in [0.5, 0.6) is 11.5 Å². The topological polar surface area (TPSA) is 80.7 Å². The quantitative estimate of drug-likeness (QED) is 0.778. The molecule has 0 spiro atoms. The first-order valence-corrected chi connectivity index (χ1v) is 8.10. The Morgan fingerprint density at radius 3 is 2.28 bits per heavy atom. The van der Waals surface area contributed by atoms with Crippen molar-refractivity contribution in [2.75, 3.05) is 0 Å². The Morgan fingerprint density at radius 2 is 1.76 bits per heavy atom. The molecular formula is C14H7ClF4O5S. The van der Waals surface area contributed by atoms with Gasteiger partial charge in [-0.1, -0.05) is 11.6 Å². The molecule has 1 N–H and O–H groups in total. The first kappa shape index (κ1) is 19.0. The summed E-state index contributed by atoms with van der Waals surface area (Å²) in [5.74, 6) is -3.25. The Morgan fingerprint density at radius 1 is 1.12 bits per heavy atom. The number of carboxylic acids is 1. The van der Waals surface area contributed by atoms with E-state index in [0.717, 1.165) is 24.3 Å². The van der Waals surface area contributed by atoms with Gasteiger partial charge in [0.15, 0.2) is 0 Å². The molecule has 5 nitrogen and oxygen atoms in total.